The molecule has 0 fully saturated rings. The van der Waals surface area contributed by atoms with Gasteiger partial charge in [-0.1, -0.05) is 78.9 Å². The molecule has 1 aliphatic heterocycles. The quantitative estimate of drug-likeness (QED) is 0.372. The van der Waals surface area contributed by atoms with E-state index < -0.39 is 7.14 Å². The maximum Gasteiger partial charge on any atom is 0.172 e. The monoisotopic (exact) mass is 418 g/mol. The van der Waals surface area contributed by atoms with E-state index in [1.165, 1.54) is 0 Å². The van der Waals surface area contributed by atoms with Crippen molar-refractivity contribution in [3.8, 4) is 27.9 Å². The third kappa shape index (κ3) is 2.74. The van der Waals surface area contributed by atoms with E-state index in [9.17, 15) is 4.57 Å². The van der Waals surface area contributed by atoms with Crippen molar-refractivity contribution in [2.24, 2.45) is 0 Å². The average molecular weight is 418 g/mol. The maximum atomic E-state index is 14.6. The van der Waals surface area contributed by atoms with Crippen LogP contribution in [0, 0.1) is 0 Å². The molecule has 0 spiro atoms. The summed E-state index contributed by atoms with van der Waals surface area (Å²) in [5.41, 5.74) is 5.31. The molecule has 3 nitrogen and oxygen atoms in total. The molecular formula is C27H19N2OP. The second kappa shape index (κ2) is 6.94. The molecule has 0 N–H and O–H groups in total. The number of hydrogen-bond acceptors (Lipinski definition) is 2. The molecule has 1 aromatic heterocycles. The summed E-state index contributed by atoms with van der Waals surface area (Å²) in [6.07, 6.45) is 3.70. The minimum atomic E-state index is -2.91. The molecular weight excluding hydrogens is 399 g/mol. The molecule has 0 radical (unpaired) electrons. The summed E-state index contributed by atoms with van der Waals surface area (Å²) in [5, 5.41) is 7.03. The van der Waals surface area contributed by atoms with E-state index in [4.69, 9.17) is 0 Å². The minimum absolute atomic E-state index is 0.882. The Balaban J connectivity index is 1.51. The first-order chi connectivity index (χ1) is 15.2. The highest BCUT2D eigenvalue weighted by Gasteiger charge is 2.40. The molecule has 1 aliphatic rings. The molecule has 0 saturated heterocycles. The first kappa shape index (κ1) is 18.1. The molecule has 1 unspecified atom stereocenters. The van der Waals surface area contributed by atoms with Crippen LogP contribution < -0.4 is 15.9 Å². The molecule has 6 rings (SSSR count). The van der Waals surface area contributed by atoms with Gasteiger partial charge in [0.2, 0.25) is 0 Å². The van der Waals surface area contributed by atoms with Crippen molar-refractivity contribution >= 4 is 23.1 Å². The molecule has 4 heteroatoms. The SMILES string of the molecule is O=P1(c2ccccc2)c2ccccc2-c2ccc(-c3ccc(-n4cccn4)cc3)cc21. The molecule has 0 aliphatic carbocycles. The first-order valence-electron chi connectivity index (χ1n) is 10.3. The van der Waals surface area contributed by atoms with Gasteiger partial charge in [-0.25, -0.2) is 4.68 Å². The van der Waals surface area contributed by atoms with Crippen LogP contribution in [-0.2, 0) is 4.57 Å². The molecule has 0 amide bonds. The van der Waals surface area contributed by atoms with Gasteiger partial charge in [0.25, 0.3) is 0 Å². The highest BCUT2D eigenvalue weighted by molar-refractivity contribution is 7.86. The van der Waals surface area contributed by atoms with Crippen LogP contribution in [0.2, 0.25) is 0 Å². The fourth-order valence-electron chi connectivity index (χ4n) is 4.45. The Morgan fingerprint density at radius 1 is 0.645 bits per heavy atom. The van der Waals surface area contributed by atoms with Crippen LogP contribution in [-0.4, -0.2) is 9.78 Å². The molecule has 4 aromatic carbocycles. The van der Waals surface area contributed by atoms with Crippen molar-refractivity contribution in [1.82, 2.24) is 9.78 Å². The van der Waals surface area contributed by atoms with Crippen LogP contribution in [0.4, 0.5) is 0 Å². The molecule has 31 heavy (non-hydrogen) atoms. The van der Waals surface area contributed by atoms with Gasteiger partial charge >= 0.3 is 0 Å². The normalized spacial score (nSPS) is 16.6. The van der Waals surface area contributed by atoms with E-state index in [0.29, 0.717) is 0 Å². The van der Waals surface area contributed by atoms with E-state index in [2.05, 4.69) is 53.6 Å². The third-order valence-electron chi connectivity index (χ3n) is 5.96. The lowest BCUT2D eigenvalue weighted by Gasteiger charge is -2.16. The topological polar surface area (TPSA) is 34.9 Å². The standard InChI is InChI=1S/C27H19N2OP/c30-31(23-7-2-1-3-8-23)26-10-5-4-9-24(26)25-16-13-21(19-27(25)31)20-11-14-22(15-12-20)29-18-6-17-28-29/h1-19H. The van der Waals surface area contributed by atoms with Crippen molar-refractivity contribution in [2.75, 3.05) is 0 Å². The van der Waals surface area contributed by atoms with E-state index in [-0.39, 0.29) is 0 Å². The average Bonchev–Trinajstić information content (AvgIpc) is 3.47. The van der Waals surface area contributed by atoms with Crippen molar-refractivity contribution < 1.29 is 4.57 Å². The van der Waals surface area contributed by atoms with Gasteiger partial charge in [0.1, 0.15) is 0 Å². The van der Waals surface area contributed by atoms with Crippen LogP contribution in [0.3, 0.4) is 0 Å². The van der Waals surface area contributed by atoms with E-state index in [0.717, 1.165) is 43.9 Å². The van der Waals surface area contributed by atoms with Gasteiger partial charge < -0.3 is 4.57 Å². The summed E-state index contributed by atoms with van der Waals surface area (Å²) in [5.74, 6) is 0. The van der Waals surface area contributed by atoms with Gasteiger partial charge in [0.15, 0.2) is 7.14 Å². The molecule has 5 aromatic rings. The Bertz CT molecular complexity index is 1440. The van der Waals surface area contributed by atoms with Gasteiger partial charge in [-0.15, -0.1) is 0 Å². The fourth-order valence-corrected chi connectivity index (χ4v) is 7.54. The van der Waals surface area contributed by atoms with Crippen molar-refractivity contribution in [2.45, 2.75) is 0 Å². The van der Waals surface area contributed by atoms with Crippen molar-refractivity contribution in [3.63, 3.8) is 0 Å². The number of aromatic nitrogens is 2. The zero-order valence-electron chi connectivity index (χ0n) is 16.7. The number of rotatable bonds is 3. The summed E-state index contributed by atoms with van der Waals surface area (Å²) in [7, 11) is -2.91. The Labute approximate surface area is 181 Å². The third-order valence-corrected chi connectivity index (χ3v) is 9.10. The van der Waals surface area contributed by atoms with Gasteiger partial charge in [-0.05, 0) is 46.5 Å². The smallest absolute Gasteiger partial charge is 0.172 e. The molecule has 1 atom stereocenters. The summed E-state index contributed by atoms with van der Waals surface area (Å²) in [6, 6.07) is 34.5. The number of nitrogens with zero attached hydrogens (tertiary/aromatic N) is 2. The second-order valence-corrected chi connectivity index (χ2v) is 10.4. The van der Waals surface area contributed by atoms with Crippen molar-refractivity contribution in [3.05, 3.63) is 116 Å². The van der Waals surface area contributed by atoms with Crippen LogP contribution in [0.15, 0.2) is 116 Å². The van der Waals surface area contributed by atoms with Gasteiger partial charge in [-0.2, -0.15) is 5.10 Å². The van der Waals surface area contributed by atoms with Crippen molar-refractivity contribution in [1.29, 1.82) is 0 Å². The fraction of sp³-hybridized carbons (Fsp3) is 0. The van der Waals surface area contributed by atoms with E-state index >= 15 is 0 Å². The highest BCUT2D eigenvalue weighted by Crippen LogP contribution is 2.52. The highest BCUT2D eigenvalue weighted by atomic mass is 31.2. The Hall–Kier alpha value is -3.68. The van der Waals surface area contributed by atoms with E-state index in [1.54, 1.807) is 6.20 Å². The molecule has 148 valence electrons. The second-order valence-electron chi connectivity index (χ2n) is 7.69. The summed E-state index contributed by atoms with van der Waals surface area (Å²) in [6.45, 7) is 0. The van der Waals surface area contributed by atoms with Crippen LogP contribution in [0.25, 0.3) is 27.9 Å². The maximum absolute atomic E-state index is 14.6. The first-order valence-corrected chi connectivity index (χ1v) is 12.0. The lowest BCUT2D eigenvalue weighted by molar-refractivity contribution is 0.593. The van der Waals surface area contributed by atoms with Gasteiger partial charge in [-0.3, -0.25) is 0 Å². The molecule has 2 heterocycles. The van der Waals surface area contributed by atoms with Crippen LogP contribution in [0.5, 0.6) is 0 Å². The van der Waals surface area contributed by atoms with Crippen LogP contribution in [0.1, 0.15) is 0 Å². The number of hydrogen-bond donors (Lipinski definition) is 0. The predicted octanol–water partition coefficient (Wildman–Crippen LogP) is 5.16. The summed E-state index contributed by atoms with van der Waals surface area (Å²) < 4.78 is 16.5. The minimum Gasteiger partial charge on any atom is -0.309 e. The van der Waals surface area contributed by atoms with E-state index in [1.807, 2.05) is 65.5 Å². The van der Waals surface area contributed by atoms with Gasteiger partial charge in [0, 0.05) is 28.3 Å². The summed E-state index contributed by atoms with van der Waals surface area (Å²) in [4.78, 5) is 0. The Kier molecular flexibility index (Phi) is 4.05. The molecule has 0 saturated carbocycles. The lowest BCUT2D eigenvalue weighted by atomic mass is 10.0. The Morgan fingerprint density at radius 3 is 2.13 bits per heavy atom. The molecule has 0 bridgehead atoms. The van der Waals surface area contributed by atoms with Crippen LogP contribution >= 0.6 is 7.14 Å². The zero-order valence-corrected chi connectivity index (χ0v) is 17.6. The number of fused-ring (bicyclic) bond motifs is 3. The predicted molar refractivity (Wildman–Crippen MR) is 127 cm³/mol. The largest absolute Gasteiger partial charge is 0.309 e. The number of benzene rings is 4. The summed E-state index contributed by atoms with van der Waals surface area (Å²) >= 11 is 0. The zero-order chi connectivity index (χ0) is 20.8. The lowest BCUT2D eigenvalue weighted by Crippen LogP contribution is -2.20. The Morgan fingerprint density at radius 2 is 1.35 bits per heavy atom. The van der Waals surface area contributed by atoms with Gasteiger partial charge in [0.05, 0.1) is 5.69 Å².